The van der Waals surface area contributed by atoms with Gasteiger partial charge in [0.25, 0.3) is 0 Å². The summed E-state index contributed by atoms with van der Waals surface area (Å²) in [6.45, 7) is 9.77. The van der Waals surface area contributed by atoms with Crippen molar-refractivity contribution in [3.05, 3.63) is 65.2 Å². The molecule has 1 atom stereocenters. The Morgan fingerprint density at radius 3 is 2.21 bits per heavy atom. The highest BCUT2D eigenvalue weighted by atomic mass is 32.2. The molecule has 0 spiro atoms. The number of carbonyl (C=O) groups excluding carboxylic acids is 2. The minimum absolute atomic E-state index is 0.0873. The van der Waals surface area contributed by atoms with Crippen molar-refractivity contribution in [2.24, 2.45) is 0 Å². The molecule has 1 saturated carbocycles. The molecule has 0 bridgehead atoms. The molecule has 0 radical (unpaired) electrons. The Morgan fingerprint density at radius 1 is 1.03 bits per heavy atom. The molecule has 1 aliphatic carbocycles. The fourth-order valence-corrected chi connectivity index (χ4v) is 5.75. The van der Waals surface area contributed by atoms with Crippen LogP contribution in [0.5, 0.6) is 0 Å². The smallest absolute Gasteiger partial charge is 0.244 e. The Hall–Kier alpha value is -2.87. The van der Waals surface area contributed by atoms with Gasteiger partial charge in [-0.25, -0.2) is 8.42 Å². The zero-order valence-electron chi connectivity index (χ0n) is 23.7. The Bertz CT molecular complexity index is 1210. The number of aryl methyl sites for hydroxylation is 1. The van der Waals surface area contributed by atoms with Crippen molar-refractivity contribution in [2.75, 3.05) is 17.1 Å². The Morgan fingerprint density at radius 2 is 1.66 bits per heavy atom. The van der Waals surface area contributed by atoms with Gasteiger partial charge < -0.3 is 10.2 Å². The lowest BCUT2D eigenvalue weighted by atomic mass is 9.87. The third-order valence-electron chi connectivity index (χ3n) is 7.25. The number of hydrogen-bond donors (Lipinski definition) is 1. The van der Waals surface area contributed by atoms with Gasteiger partial charge in [-0.1, -0.05) is 82.0 Å². The average Bonchev–Trinajstić information content (AvgIpc) is 2.85. The van der Waals surface area contributed by atoms with E-state index < -0.39 is 22.0 Å². The molecule has 8 heteroatoms. The number of carbonyl (C=O) groups is 2. The molecule has 0 aromatic heterocycles. The third-order valence-corrected chi connectivity index (χ3v) is 8.40. The maximum Gasteiger partial charge on any atom is 0.244 e. The summed E-state index contributed by atoms with van der Waals surface area (Å²) in [6.07, 6.45) is 6.33. The summed E-state index contributed by atoms with van der Waals surface area (Å²) in [6, 6.07) is 14.4. The van der Waals surface area contributed by atoms with E-state index in [0.29, 0.717) is 5.69 Å². The first kappa shape index (κ1) is 29.7. The zero-order chi connectivity index (χ0) is 28.1. The van der Waals surface area contributed by atoms with Gasteiger partial charge in [0.15, 0.2) is 0 Å². The fraction of sp³-hybridized carbons (Fsp3) is 0.533. The van der Waals surface area contributed by atoms with Crippen LogP contribution in [0.3, 0.4) is 0 Å². The van der Waals surface area contributed by atoms with Crippen molar-refractivity contribution in [3.63, 3.8) is 0 Å². The standard InChI is InChI=1S/C30H43N3O4S/c1-22-11-10-12-24(19-22)20-32(23(2)29(35)31-26-13-8-7-9-14-26)28(34)21-33(38(6,36)37)27-17-15-25(16-18-27)30(3,4)5/h10-12,15-19,23,26H,7-9,13-14,20-21H2,1-6H3,(H,31,35)/t23-/m0/s1. The van der Waals surface area contributed by atoms with Crippen LogP contribution >= 0.6 is 0 Å². The lowest BCUT2D eigenvalue weighted by molar-refractivity contribution is -0.139. The molecule has 0 saturated heterocycles. The average molecular weight is 542 g/mol. The molecule has 0 heterocycles. The molecule has 2 aromatic carbocycles. The summed E-state index contributed by atoms with van der Waals surface area (Å²) in [4.78, 5) is 28.5. The minimum atomic E-state index is -3.76. The van der Waals surface area contributed by atoms with Crippen molar-refractivity contribution >= 4 is 27.5 Å². The summed E-state index contributed by atoms with van der Waals surface area (Å²) < 4.78 is 26.8. The minimum Gasteiger partial charge on any atom is -0.352 e. The van der Waals surface area contributed by atoms with Crippen LogP contribution in [0, 0.1) is 6.92 Å². The number of benzene rings is 2. The first-order chi connectivity index (χ1) is 17.8. The molecule has 38 heavy (non-hydrogen) atoms. The Kier molecular flexibility index (Phi) is 9.63. The largest absolute Gasteiger partial charge is 0.352 e. The molecule has 2 amide bonds. The maximum atomic E-state index is 13.8. The van der Waals surface area contributed by atoms with Crippen molar-refractivity contribution in [1.82, 2.24) is 10.2 Å². The van der Waals surface area contributed by atoms with E-state index in [-0.39, 0.29) is 30.5 Å². The van der Waals surface area contributed by atoms with E-state index in [4.69, 9.17) is 0 Å². The molecular weight excluding hydrogens is 498 g/mol. The number of amides is 2. The Balaban J connectivity index is 1.88. The molecule has 0 unspecified atom stereocenters. The first-order valence-electron chi connectivity index (χ1n) is 13.5. The van der Waals surface area contributed by atoms with Crippen molar-refractivity contribution in [1.29, 1.82) is 0 Å². The van der Waals surface area contributed by atoms with Crippen LogP contribution in [-0.4, -0.2) is 50.0 Å². The summed E-state index contributed by atoms with van der Waals surface area (Å²) in [5, 5.41) is 3.12. The van der Waals surface area contributed by atoms with Crippen LogP contribution in [-0.2, 0) is 31.6 Å². The molecule has 1 aliphatic rings. The molecule has 2 aromatic rings. The van der Waals surface area contributed by atoms with E-state index in [9.17, 15) is 18.0 Å². The van der Waals surface area contributed by atoms with Crippen molar-refractivity contribution in [2.45, 2.75) is 90.8 Å². The normalized spacial score (nSPS) is 15.5. The Labute approximate surface area is 228 Å². The zero-order valence-corrected chi connectivity index (χ0v) is 24.5. The summed E-state index contributed by atoms with van der Waals surface area (Å²) in [5.41, 5.74) is 3.33. The predicted molar refractivity (Wildman–Crippen MR) is 154 cm³/mol. The number of anilines is 1. The van der Waals surface area contributed by atoms with Crippen molar-refractivity contribution in [3.8, 4) is 0 Å². The van der Waals surface area contributed by atoms with Gasteiger partial charge in [-0.05, 0) is 55.4 Å². The molecule has 1 fully saturated rings. The molecule has 7 nitrogen and oxygen atoms in total. The summed E-state index contributed by atoms with van der Waals surface area (Å²) in [7, 11) is -3.76. The van der Waals surface area contributed by atoms with E-state index in [1.807, 2.05) is 43.3 Å². The topological polar surface area (TPSA) is 86.8 Å². The summed E-state index contributed by atoms with van der Waals surface area (Å²) >= 11 is 0. The maximum absolute atomic E-state index is 13.8. The van der Waals surface area contributed by atoms with Gasteiger partial charge in [0.1, 0.15) is 12.6 Å². The van der Waals surface area contributed by atoms with Crippen LogP contribution in [0.25, 0.3) is 0 Å². The second-order valence-electron chi connectivity index (χ2n) is 11.6. The highest BCUT2D eigenvalue weighted by Crippen LogP contribution is 2.26. The van der Waals surface area contributed by atoms with Crippen LogP contribution in [0.2, 0.25) is 0 Å². The highest BCUT2D eigenvalue weighted by molar-refractivity contribution is 7.92. The van der Waals surface area contributed by atoms with Crippen molar-refractivity contribution < 1.29 is 18.0 Å². The number of hydrogen-bond acceptors (Lipinski definition) is 4. The fourth-order valence-electron chi connectivity index (χ4n) is 4.90. The van der Waals surface area contributed by atoms with Gasteiger partial charge in [0, 0.05) is 12.6 Å². The van der Waals surface area contributed by atoms with Gasteiger partial charge in [0.2, 0.25) is 21.8 Å². The second-order valence-corrected chi connectivity index (χ2v) is 13.5. The van der Waals surface area contributed by atoms with Crippen LogP contribution in [0.1, 0.15) is 76.5 Å². The molecular formula is C30H43N3O4S. The summed E-state index contributed by atoms with van der Waals surface area (Å²) in [5.74, 6) is -0.638. The predicted octanol–water partition coefficient (Wildman–Crippen LogP) is 4.92. The van der Waals surface area contributed by atoms with Gasteiger partial charge >= 0.3 is 0 Å². The van der Waals surface area contributed by atoms with E-state index in [1.165, 1.54) is 11.3 Å². The van der Waals surface area contributed by atoms with E-state index in [1.54, 1.807) is 19.1 Å². The van der Waals surface area contributed by atoms with Crippen LogP contribution < -0.4 is 9.62 Å². The van der Waals surface area contributed by atoms with Crippen LogP contribution in [0.15, 0.2) is 48.5 Å². The van der Waals surface area contributed by atoms with Gasteiger partial charge in [0.05, 0.1) is 11.9 Å². The monoisotopic (exact) mass is 541 g/mol. The molecule has 1 N–H and O–H groups in total. The van der Waals surface area contributed by atoms with E-state index in [0.717, 1.165) is 52.9 Å². The van der Waals surface area contributed by atoms with E-state index in [2.05, 4.69) is 26.1 Å². The second kappa shape index (κ2) is 12.3. The van der Waals surface area contributed by atoms with Crippen LogP contribution in [0.4, 0.5) is 5.69 Å². The van der Waals surface area contributed by atoms with E-state index >= 15 is 0 Å². The molecule has 3 rings (SSSR count). The SMILES string of the molecule is Cc1cccc(CN(C(=O)CN(c2ccc(C(C)(C)C)cc2)S(C)(=O)=O)[C@@H](C)C(=O)NC2CCCCC2)c1. The highest BCUT2D eigenvalue weighted by Gasteiger charge is 2.31. The number of sulfonamides is 1. The number of nitrogens with one attached hydrogen (secondary N) is 1. The lowest BCUT2D eigenvalue weighted by Gasteiger charge is -2.33. The molecule has 208 valence electrons. The number of rotatable bonds is 9. The van der Waals surface area contributed by atoms with Gasteiger partial charge in [-0.3, -0.25) is 13.9 Å². The quantitative estimate of drug-likeness (QED) is 0.488. The molecule has 0 aliphatic heterocycles. The third kappa shape index (κ3) is 8.06. The first-order valence-corrected chi connectivity index (χ1v) is 15.3. The number of nitrogens with zero attached hydrogens (tertiary/aromatic N) is 2. The van der Waals surface area contributed by atoms with Gasteiger partial charge in [-0.15, -0.1) is 0 Å². The van der Waals surface area contributed by atoms with Gasteiger partial charge in [-0.2, -0.15) is 0 Å². The lowest BCUT2D eigenvalue weighted by Crippen LogP contribution is -2.53.